The van der Waals surface area contributed by atoms with Crippen LogP contribution in [0.5, 0.6) is 0 Å². The molecule has 7 nitrogen and oxygen atoms in total. The number of amides is 1. The molecule has 2 aromatic heterocycles. The van der Waals surface area contributed by atoms with Gasteiger partial charge in [0.05, 0.1) is 6.61 Å². The highest BCUT2D eigenvalue weighted by Crippen LogP contribution is 2.10. The van der Waals surface area contributed by atoms with E-state index in [4.69, 9.17) is 4.84 Å². The van der Waals surface area contributed by atoms with Crippen molar-refractivity contribution in [2.24, 2.45) is 0 Å². The van der Waals surface area contributed by atoms with E-state index in [-0.39, 0.29) is 11.7 Å². The molecule has 1 saturated heterocycles. The van der Waals surface area contributed by atoms with Crippen LogP contribution in [0.4, 0.5) is 0 Å². The first-order valence-electron chi connectivity index (χ1n) is 5.89. The van der Waals surface area contributed by atoms with Gasteiger partial charge in [-0.2, -0.15) is 4.98 Å². The van der Waals surface area contributed by atoms with Crippen molar-refractivity contribution in [3.05, 3.63) is 23.8 Å². The van der Waals surface area contributed by atoms with Crippen molar-refractivity contribution in [1.82, 2.24) is 24.6 Å². The number of carbonyl (C=O) groups is 1. The van der Waals surface area contributed by atoms with E-state index >= 15 is 0 Å². The Morgan fingerprint density at radius 3 is 3.06 bits per heavy atom. The zero-order valence-corrected chi connectivity index (χ0v) is 10.0. The van der Waals surface area contributed by atoms with Gasteiger partial charge in [0.2, 0.25) is 5.82 Å². The quantitative estimate of drug-likeness (QED) is 0.737. The predicted molar refractivity (Wildman–Crippen MR) is 61.7 cm³/mol. The zero-order valence-electron chi connectivity index (χ0n) is 10.0. The summed E-state index contributed by atoms with van der Waals surface area (Å²) < 4.78 is 1.55. The van der Waals surface area contributed by atoms with Crippen molar-refractivity contribution < 1.29 is 9.63 Å². The summed E-state index contributed by atoms with van der Waals surface area (Å²) >= 11 is 0. The van der Waals surface area contributed by atoms with Crippen LogP contribution in [-0.4, -0.2) is 43.7 Å². The molecule has 0 bridgehead atoms. The summed E-state index contributed by atoms with van der Waals surface area (Å²) in [5.41, 5.74) is 0.881. The molecule has 0 aromatic carbocycles. The van der Waals surface area contributed by atoms with Gasteiger partial charge < -0.3 is 0 Å². The molecule has 0 aliphatic carbocycles. The molecule has 0 spiro atoms. The van der Waals surface area contributed by atoms with Crippen LogP contribution in [0.15, 0.2) is 12.3 Å². The van der Waals surface area contributed by atoms with Crippen LogP contribution in [0.25, 0.3) is 5.78 Å². The molecule has 1 amide bonds. The van der Waals surface area contributed by atoms with Gasteiger partial charge in [-0.25, -0.2) is 14.6 Å². The van der Waals surface area contributed by atoms with Crippen molar-refractivity contribution in [1.29, 1.82) is 0 Å². The van der Waals surface area contributed by atoms with Crippen molar-refractivity contribution in [3.63, 3.8) is 0 Å². The first-order valence-corrected chi connectivity index (χ1v) is 5.89. The lowest BCUT2D eigenvalue weighted by molar-refractivity contribution is -0.144. The second kappa shape index (κ2) is 4.34. The highest BCUT2D eigenvalue weighted by molar-refractivity contribution is 5.90. The summed E-state index contributed by atoms with van der Waals surface area (Å²) in [6.07, 6.45) is 3.56. The van der Waals surface area contributed by atoms with Gasteiger partial charge in [-0.1, -0.05) is 0 Å². The Bertz CT molecular complexity index is 588. The van der Waals surface area contributed by atoms with E-state index in [1.165, 1.54) is 5.06 Å². The Hall–Kier alpha value is -2.02. The van der Waals surface area contributed by atoms with E-state index in [1.54, 1.807) is 10.7 Å². The predicted octanol–water partition coefficient (Wildman–Crippen LogP) is 0.600. The van der Waals surface area contributed by atoms with Gasteiger partial charge in [-0.15, -0.1) is 5.10 Å². The van der Waals surface area contributed by atoms with Crippen LogP contribution in [-0.2, 0) is 4.84 Å². The number of hydrogen-bond donors (Lipinski definition) is 0. The van der Waals surface area contributed by atoms with E-state index < -0.39 is 0 Å². The Balaban J connectivity index is 1.94. The van der Waals surface area contributed by atoms with Gasteiger partial charge in [0.1, 0.15) is 0 Å². The minimum absolute atomic E-state index is 0.124. The maximum atomic E-state index is 12.1. The molecule has 1 aliphatic rings. The molecule has 0 atom stereocenters. The number of aromatic nitrogens is 4. The summed E-state index contributed by atoms with van der Waals surface area (Å²) in [5.74, 6) is 0.244. The van der Waals surface area contributed by atoms with Crippen LogP contribution in [0.1, 0.15) is 29.2 Å². The minimum Gasteiger partial charge on any atom is -0.271 e. The minimum atomic E-state index is -0.306. The number of hydroxylamine groups is 2. The number of fused-ring (bicyclic) bond motifs is 1. The summed E-state index contributed by atoms with van der Waals surface area (Å²) in [7, 11) is 0. The first-order chi connectivity index (χ1) is 8.75. The van der Waals surface area contributed by atoms with Crippen LogP contribution in [0.3, 0.4) is 0 Å². The number of aryl methyl sites for hydroxylation is 1. The number of hydrogen-bond acceptors (Lipinski definition) is 5. The monoisotopic (exact) mass is 247 g/mol. The molecular weight excluding hydrogens is 234 g/mol. The molecule has 94 valence electrons. The second-order valence-electron chi connectivity index (χ2n) is 4.18. The Labute approximate surface area is 103 Å². The molecule has 2 aromatic rings. The number of nitrogens with zero attached hydrogens (tertiary/aromatic N) is 5. The smallest absolute Gasteiger partial charge is 0.271 e. The fourth-order valence-electron chi connectivity index (χ4n) is 1.87. The van der Waals surface area contributed by atoms with Crippen molar-refractivity contribution in [3.8, 4) is 0 Å². The van der Waals surface area contributed by atoms with E-state index in [0.29, 0.717) is 18.9 Å². The van der Waals surface area contributed by atoms with Gasteiger partial charge in [0.15, 0.2) is 0 Å². The Morgan fingerprint density at radius 1 is 1.44 bits per heavy atom. The van der Waals surface area contributed by atoms with Gasteiger partial charge in [0, 0.05) is 18.4 Å². The fraction of sp³-hybridized carbons (Fsp3) is 0.455. The second-order valence-corrected chi connectivity index (χ2v) is 4.18. The lowest BCUT2D eigenvalue weighted by Gasteiger charge is -2.24. The van der Waals surface area contributed by atoms with Crippen molar-refractivity contribution >= 4 is 11.7 Å². The third-order valence-corrected chi connectivity index (χ3v) is 2.85. The van der Waals surface area contributed by atoms with Crippen LogP contribution in [0, 0.1) is 6.92 Å². The van der Waals surface area contributed by atoms with Crippen LogP contribution in [0.2, 0.25) is 0 Å². The summed E-state index contributed by atoms with van der Waals surface area (Å²) in [6, 6.07) is 1.81. The van der Waals surface area contributed by atoms with E-state index in [9.17, 15) is 4.79 Å². The Kier molecular flexibility index (Phi) is 2.67. The number of carbonyl (C=O) groups excluding carboxylic acids is 1. The largest absolute Gasteiger partial charge is 0.317 e. The number of rotatable bonds is 1. The summed E-state index contributed by atoms with van der Waals surface area (Å²) in [5, 5.41) is 5.49. The maximum absolute atomic E-state index is 12.1. The normalized spacial score (nSPS) is 16.2. The summed E-state index contributed by atoms with van der Waals surface area (Å²) in [4.78, 5) is 25.6. The molecule has 3 heterocycles. The molecular formula is C11H13N5O2. The molecule has 18 heavy (non-hydrogen) atoms. The standard InChI is InChI=1S/C11H13N5O2/c1-8-4-5-12-11-13-9(14-16(8)11)10(17)15-6-2-3-7-18-15/h4-5H,2-3,6-7H2,1H3. The van der Waals surface area contributed by atoms with Crippen LogP contribution < -0.4 is 0 Å². The van der Waals surface area contributed by atoms with Gasteiger partial charge >= 0.3 is 5.91 Å². The van der Waals surface area contributed by atoms with Crippen molar-refractivity contribution in [2.75, 3.05) is 13.2 Å². The molecule has 0 unspecified atom stereocenters. The SMILES string of the molecule is Cc1ccnc2nc(C(=O)N3CCCCO3)nn12. The maximum Gasteiger partial charge on any atom is 0.317 e. The van der Waals surface area contributed by atoms with Crippen molar-refractivity contribution in [2.45, 2.75) is 19.8 Å². The molecule has 1 fully saturated rings. The topological polar surface area (TPSA) is 72.6 Å². The Morgan fingerprint density at radius 2 is 2.33 bits per heavy atom. The van der Waals surface area contributed by atoms with E-state index in [1.807, 2.05) is 13.0 Å². The highest BCUT2D eigenvalue weighted by Gasteiger charge is 2.23. The van der Waals surface area contributed by atoms with Gasteiger partial charge in [0.25, 0.3) is 5.78 Å². The van der Waals surface area contributed by atoms with Gasteiger partial charge in [-0.05, 0) is 25.8 Å². The van der Waals surface area contributed by atoms with Gasteiger partial charge in [-0.3, -0.25) is 9.63 Å². The fourth-order valence-corrected chi connectivity index (χ4v) is 1.87. The molecule has 3 rings (SSSR count). The molecule has 0 radical (unpaired) electrons. The lowest BCUT2D eigenvalue weighted by atomic mass is 10.3. The first kappa shape index (κ1) is 11.1. The van der Waals surface area contributed by atoms with E-state index in [2.05, 4.69) is 15.1 Å². The summed E-state index contributed by atoms with van der Waals surface area (Å²) in [6.45, 7) is 3.03. The van der Waals surface area contributed by atoms with E-state index in [0.717, 1.165) is 18.5 Å². The average molecular weight is 247 g/mol. The molecule has 0 saturated carbocycles. The molecule has 7 heteroatoms. The van der Waals surface area contributed by atoms with Crippen LogP contribution >= 0.6 is 0 Å². The lowest BCUT2D eigenvalue weighted by Crippen LogP contribution is -2.36. The average Bonchev–Trinajstić information content (AvgIpc) is 2.84. The molecule has 1 aliphatic heterocycles. The zero-order chi connectivity index (χ0) is 12.5. The third kappa shape index (κ3) is 1.82. The molecule has 0 N–H and O–H groups in total. The third-order valence-electron chi connectivity index (χ3n) is 2.85. The highest BCUT2D eigenvalue weighted by atomic mass is 16.7.